The fourth-order valence-electron chi connectivity index (χ4n) is 2.90. The van der Waals surface area contributed by atoms with E-state index in [0.29, 0.717) is 32.7 Å². The van der Waals surface area contributed by atoms with Gasteiger partial charge in [0.05, 0.1) is 5.69 Å². The topological polar surface area (TPSA) is 40.9 Å². The molecule has 0 unspecified atom stereocenters. The van der Waals surface area contributed by atoms with Crippen LogP contribution in [0.25, 0.3) is 5.65 Å². The summed E-state index contributed by atoms with van der Waals surface area (Å²) in [5.41, 5.74) is 2.92. The SMILES string of the molecule is Cc1ccc2nc(CN3CCN(C(=O)CC(F)(F)F)CC3)cn2c1. The van der Waals surface area contributed by atoms with Crippen LogP contribution in [0.15, 0.2) is 24.5 Å². The summed E-state index contributed by atoms with van der Waals surface area (Å²) in [5.74, 6) is -0.842. The molecule has 0 radical (unpaired) electrons. The average molecular weight is 340 g/mol. The van der Waals surface area contributed by atoms with Gasteiger partial charge in [-0.2, -0.15) is 13.2 Å². The number of hydrogen-bond acceptors (Lipinski definition) is 3. The summed E-state index contributed by atoms with van der Waals surface area (Å²) < 4.78 is 38.8. The van der Waals surface area contributed by atoms with Crippen LogP contribution in [0.4, 0.5) is 13.2 Å². The van der Waals surface area contributed by atoms with Crippen molar-refractivity contribution in [1.82, 2.24) is 19.2 Å². The van der Waals surface area contributed by atoms with Crippen LogP contribution in [0.2, 0.25) is 0 Å². The number of carbonyl (C=O) groups is 1. The van der Waals surface area contributed by atoms with Crippen molar-refractivity contribution < 1.29 is 18.0 Å². The number of nitrogens with zero attached hydrogens (tertiary/aromatic N) is 4. The molecule has 3 rings (SSSR count). The fraction of sp³-hybridized carbons (Fsp3) is 0.500. The summed E-state index contributed by atoms with van der Waals surface area (Å²) in [6, 6.07) is 3.95. The Morgan fingerprint density at radius 2 is 1.88 bits per heavy atom. The predicted molar refractivity (Wildman–Crippen MR) is 82.5 cm³/mol. The molecule has 1 fully saturated rings. The second kappa shape index (κ2) is 6.43. The zero-order valence-corrected chi connectivity index (χ0v) is 13.4. The molecule has 0 aromatic carbocycles. The van der Waals surface area contributed by atoms with E-state index >= 15 is 0 Å². The molecule has 1 aliphatic heterocycles. The van der Waals surface area contributed by atoms with Crippen LogP contribution in [0.1, 0.15) is 17.7 Å². The highest BCUT2D eigenvalue weighted by atomic mass is 19.4. The number of hydrogen-bond donors (Lipinski definition) is 0. The lowest BCUT2D eigenvalue weighted by Crippen LogP contribution is -2.49. The summed E-state index contributed by atoms with van der Waals surface area (Å²) in [4.78, 5) is 19.5. The van der Waals surface area contributed by atoms with Gasteiger partial charge in [-0.1, -0.05) is 6.07 Å². The normalized spacial score (nSPS) is 16.8. The average Bonchev–Trinajstić information content (AvgIpc) is 2.87. The van der Waals surface area contributed by atoms with Crippen molar-refractivity contribution in [2.24, 2.45) is 0 Å². The molecule has 2 aromatic heterocycles. The summed E-state index contributed by atoms with van der Waals surface area (Å²) in [6.45, 7) is 4.38. The van der Waals surface area contributed by atoms with E-state index in [1.807, 2.05) is 35.9 Å². The van der Waals surface area contributed by atoms with E-state index in [-0.39, 0.29) is 0 Å². The number of alkyl halides is 3. The van der Waals surface area contributed by atoms with Gasteiger partial charge in [-0.15, -0.1) is 0 Å². The van der Waals surface area contributed by atoms with Crippen LogP contribution in [0.3, 0.4) is 0 Å². The molecule has 0 atom stereocenters. The molecule has 1 aliphatic rings. The highest BCUT2D eigenvalue weighted by Crippen LogP contribution is 2.21. The molecule has 1 amide bonds. The van der Waals surface area contributed by atoms with E-state index < -0.39 is 18.5 Å². The highest BCUT2D eigenvalue weighted by molar-refractivity contribution is 5.76. The monoisotopic (exact) mass is 340 g/mol. The smallest absolute Gasteiger partial charge is 0.340 e. The summed E-state index contributed by atoms with van der Waals surface area (Å²) >= 11 is 0. The van der Waals surface area contributed by atoms with Crippen LogP contribution < -0.4 is 0 Å². The van der Waals surface area contributed by atoms with E-state index in [1.165, 1.54) is 4.90 Å². The molecule has 0 N–H and O–H groups in total. The van der Waals surface area contributed by atoms with Gasteiger partial charge in [-0.25, -0.2) is 4.98 Å². The molecule has 24 heavy (non-hydrogen) atoms. The highest BCUT2D eigenvalue weighted by Gasteiger charge is 2.34. The van der Waals surface area contributed by atoms with Crippen molar-refractivity contribution in [3.05, 3.63) is 35.8 Å². The number of pyridine rings is 1. The van der Waals surface area contributed by atoms with Crippen molar-refractivity contribution in [3.8, 4) is 0 Å². The molecule has 0 aliphatic carbocycles. The molecule has 2 aromatic rings. The maximum absolute atomic E-state index is 12.3. The lowest BCUT2D eigenvalue weighted by Gasteiger charge is -2.34. The predicted octanol–water partition coefficient (Wildman–Crippen LogP) is 2.24. The molecule has 1 saturated heterocycles. The third-order valence-corrected chi connectivity index (χ3v) is 4.11. The number of carbonyl (C=O) groups excluding carboxylic acids is 1. The molecule has 8 heteroatoms. The quantitative estimate of drug-likeness (QED) is 0.860. The van der Waals surface area contributed by atoms with E-state index in [9.17, 15) is 18.0 Å². The van der Waals surface area contributed by atoms with Gasteiger partial charge >= 0.3 is 6.18 Å². The Kier molecular flexibility index (Phi) is 4.49. The first-order chi connectivity index (χ1) is 11.3. The van der Waals surface area contributed by atoms with Gasteiger partial charge in [-0.05, 0) is 18.6 Å². The zero-order chi connectivity index (χ0) is 17.3. The summed E-state index contributed by atoms with van der Waals surface area (Å²) in [7, 11) is 0. The Morgan fingerprint density at radius 1 is 1.17 bits per heavy atom. The number of aromatic nitrogens is 2. The number of aryl methyl sites for hydroxylation is 1. The summed E-state index contributed by atoms with van der Waals surface area (Å²) in [5, 5.41) is 0. The Morgan fingerprint density at radius 3 is 2.54 bits per heavy atom. The van der Waals surface area contributed by atoms with Gasteiger partial charge in [0.15, 0.2) is 0 Å². The number of piperazine rings is 1. The molecule has 130 valence electrons. The number of fused-ring (bicyclic) bond motifs is 1. The van der Waals surface area contributed by atoms with Crippen LogP contribution >= 0.6 is 0 Å². The first-order valence-electron chi connectivity index (χ1n) is 7.81. The van der Waals surface area contributed by atoms with Crippen molar-refractivity contribution in [3.63, 3.8) is 0 Å². The second-order valence-corrected chi connectivity index (χ2v) is 6.15. The Balaban J connectivity index is 1.55. The zero-order valence-electron chi connectivity index (χ0n) is 13.4. The first kappa shape index (κ1) is 16.8. The number of halogens is 3. The summed E-state index contributed by atoms with van der Waals surface area (Å²) in [6.07, 6.45) is -1.86. The lowest BCUT2D eigenvalue weighted by atomic mass is 10.2. The maximum Gasteiger partial charge on any atom is 0.397 e. The van der Waals surface area contributed by atoms with E-state index in [0.717, 1.165) is 16.9 Å². The minimum atomic E-state index is -4.44. The van der Waals surface area contributed by atoms with Crippen molar-refractivity contribution in [2.45, 2.75) is 26.1 Å². The Hall–Kier alpha value is -2.09. The molecule has 5 nitrogen and oxygen atoms in total. The van der Waals surface area contributed by atoms with Crippen molar-refractivity contribution in [1.29, 1.82) is 0 Å². The van der Waals surface area contributed by atoms with Crippen LogP contribution in [-0.4, -0.2) is 57.4 Å². The molecule has 0 bridgehead atoms. The maximum atomic E-state index is 12.3. The van der Waals surface area contributed by atoms with Crippen LogP contribution in [0, 0.1) is 6.92 Å². The van der Waals surface area contributed by atoms with Gasteiger partial charge < -0.3 is 9.30 Å². The van der Waals surface area contributed by atoms with Crippen LogP contribution in [-0.2, 0) is 11.3 Å². The molecular weight excluding hydrogens is 321 g/mol. The number of imidazole rings is 1. The first-order valence-corrected chi connectivity index (χ1v) is 7.81. The number of rotatable bonds is 3. The minimum absolute atomic E-state index is 0.321. The Bertz CT molecular complexity index is 732. The minimum Gasteiger partial charge on any atom is -0.340 e. The van der Waals surface area contributed by atoms with E-state index in [1.54, 1.807) is 0 Å². The third kappa shape index (κ3) is 4.05. The molecule has 0 spiro atoms. The van der Waals surface area contributed by atoms with Gasteiger partial charge in [0.1, 0.15) is 12.1 Å². The van der Waals surface area contributed by atoms with Gasteiger partial charge in [0, 0.05) is 45.1 Å². The van der Waals surface area contributed by atoms with Gasteiger partial charge in [0.2, 0.25) is 5.91 Å². The lowest BCUT2D eigenvalue weighted by molar-refractivity contribution is -0.162. The molecule has 3 heterocycles. The fourth-order valence-corrected chi connectivity index (χ4v) is 2.90. The standard InChI is InChI=1S/C16H19F3N4O/c1-12-2-3-14-20-13(11-23(14)9-12)10-21-4-6-22(7-5-21)15(24)8-16(17,18)19/h2-3,9,11H,4-8,10H2,1H3. The van der Waals surface area contributed by atoms with Gasteiger partial charge in [0.25, 0.3) is 0 Å². The van der Waals surface area contributed by atoms with E-state index in [4.69, 9.17) is 0 Å². The molecule has 0 saturated carbocycles. The second-order valence-electron chi connectivity index (χ2n) is 6.15. The van der Waals surface area contributed by atoms with Crippen LogP contribution in [0.5, 0.6) is 0 Å². The largest absolute Gasteiger partial charge is 0.397 e. The van der Waals surface area contributed by atoms with Crippen molar-refractivity contribution in [2.75, 3.05) is 26.2 Å². The van der Waals surface area contributed by atoms with Crippen molar-refractivity contribution >= 4 is 11.6 Å². The number of amides is 1. The van der Waals surface area contributed by atoms with E-state index in [2.05, 4.69) is 9.88 Å². The molecular formula is C16H19F3N4O. The Labute approximate surface area is 137 Å². The third-order valence-electron chi connectivity index (χ3n) is 4.11. The van der Waals surface area contributed by atoms with Gasteiger partial charge in [-0.3, -0.25) is 9.69 Å².